The first-order valence-electron chi connectivity index (χ1n) is 4.82. The van der Waals surface area contributed by atoms with Gasteiger partial charge in [-0.15, -0.1) is 13.2 Å². The molecule has 0 fully saturated rings. The number of hydrogen-bond donors (Lipinski definition) is 0. The van der Waals surface area contributed by atoms with Gasteiger partial charge in [0.2, 0.25) is 10.2 Å². The number of hydrogen-bond acceptors (Lipinski definition) is 5. The van der Waals surface area contributed by atoms with Gasteiger partial charge in [-0.25, -0.2) is 16.8 Å². The van der Waals surface area contributed by atoms with Crippen molar-refractivity contribution < 1.29 is 21.6 Å². The van der Waals surface area contributed by atoms with Crippen LogP contribution in [0, 0.1) is 0 Å². The lowest BCUT2D eigenvalue weighted by atomic mass is 10.4. The van der Waals surface area contributed by atoms with Crippen LogP contribution in [0.1, 0.15) is 12.8 Å². The van der Waals surface area contributed by atoms with E-state index in [1.807, 2.05) is 0 Å². The Morgan fingerprint density at radius 1 is 0.895 bits per heavy atom. The van der Waals surface area contributed by atoms with Crippen molar-refractivity contribution in [2.75, 3.05) is 0 Å². The van der Waals surface area contributed by atoms with E-state index < -0.39 is 28.3 Å². The van der Waals surface area contributed by atoms with Crippen LogP contribution in [0.3, 0.4) is 0 Å². The molecule has 0 saturated carbocycles. The summed E-state index contributed by atoms with van der Waals surface area (Å²) in [7, 11) is 1.76. The van der Waals surface area contributed by atoms with E-state index in [9.17, 15) is 16.8 Å². The number of halogens is 2. The number of rotatable bonds is 8. The Labute approximate surface area is 121 Å². The normalized spacial score (nSPS) is 14.0. The fourth-order valence-corrected chi connectivity index (χ4v) is 2.43. The monoisotopic (exact) mass is 346 g/mol. The molecular weight excluding hydrogens is 335 g/mol. The van der Waals surface area contributed by atoms with Crippen molar-refractivity contribution in [2.45, 2.75) is 12.8 Å². The van der Waals surface area contributed by atoms with Crippen molar-refractivity contribution in [1.82, 2.24) is 0 Å². The molecule has 0 aromatic rings. The predicted molar refractivity (Wildman–Crippen MR) is 76.4 cm³/mol. The fraction of sp³-hybridized carbons (Fsp3) is 0.200. The van der Waals surface area contributed by atoms with Gasteiger partial charge in [0.15, 0.2) is 0 Å². The molecule has 0 aromatic carbocycles. The van der Waals surface area contributed by atoms with Crippen LogP contribution in [0.4, 0.5) is 0 Å². The van der Waals surface area contributed by atoms with Crippen LogP contribution in [-0.2, 0) is 22.8 Å². The molecule has 0 aromatic heterocycles. The van der Waals surface area contributed by atoms with Crippen molar-refractivity contribution in [1.29, 1.82) is 0 Å². The lowest BCUT2D eigenvalue weighted by molar-refractivity contribution is 0.356. The third-order valence-corrected chi connectivity index (χ3v) is 3.96. The van der Waals surface area contributed by atoms with Gasteiger partial charge in [-0.05, 0) is 25.0 Å². The third-order valence-electron chi connectivity index (χ3n) is 1.58. The zero-order chi connectivity index (χ0) is 15.1. The van der Waals surface area contributed by atoms with Crippen LogP contribution in [0.25, 0.3) is 0 Å². The van der Waals surface area contributed by atoms with Crippen LogP contribution >= 0.6 is 21.4 Å². The Hall–Kier alpha value is -0.760. The molecule has 0 amide bonds. The minimum absolute atomic E-state index is 0.123. The highest BCUT2D eigenvalue weighted by atomic mass is 35.7. The molecule has 0 bridgehead atoms. The maximum absolute atomic E-state index is 11.2. The van der Waals surface area contributed by atoms with E-state index in [0.717, 1.165) is 12.2 Å². The second kappa shape index (κ2) is 7.74. The van der Waals surface area contributed by atoms with Crippen LogP contribution in [0.15, 0.2) is 47.6 Å². The molecule has 19 heavy (non-hydrogen) atoms. The fourth-order valence-electron chi connectivity index (χ4n) is 0.840. The maximum Gasteiger partial charge on any atom is 0.294 e. The first kappa shape index (κ1) is 18.2. The van der Waals surface area contributed by atoms with Gasteiger partial charge in [0.05, 0.1) is 0 Å². The van der Waals surface area contributed by atoms with E-state index >= 15 is 0 Å². The van der Waals surface area contributed by atoms with E-state index in [0.29, 0.717) is 0 Å². The average molecular weight is 347 g/mol. The lowest BCUT2D eigenvalue weighted by Gasteiger charge is -2.08. The Bertz CT molecular complexity index is 546. The summed E-state index contributed by atoms with van der Waals surface area (Å²) < 4.78 is 49.7. The molecule has 108 valence electrons. The minimum Gasteiger partial charge on any atom is -0.431 e. The van der Waals surface area contributed by atoms with Crippen LogP contribution < -0.4 is 0 Å². The summed E-state index contributed by atoms with van der Waals surface area (Å²) in [6, 6.07) is 0. The largest absolute Gasteiger partial charge is 0.431 e. The highest BCUT2D eigenvalue weighted by Gasteiger charge is 2.23. The van der Waals surface area contributed by atoms with Gasteiger partial charge in [-0.1, -0.05) is 12.2 Å². The summed E-state index contributed by atoms with van der Waals surface area (Å²) in [4.78, 5) is 0. The van der Waals surface area contributed by atoms with Gasteiger partial charge in [0, 0.05) is 21.4 Å². The molecule has 0 spiro atoms. The summed E-state index contributed by atoms with van der Waals surface area (Å²) in [6.07, 6.45) is 5.15. The molecule has 0 atom stereocenters. The highest BCUT2D eigenvalue weighted by Crippen LogP contribution is 2.23. The zero-order valence-electron chi connectivity index (χ0n) is 9.75. The van der Waals surface area contributed by atoms with E-state index in [1.54, 1.807) is 0 Å². The van der Waals surface area contributed by atoms with E-state index in [-0.39, 0.29) is 12.8 Å². The summed E-state index contributed by atoms with van der Waals surface area (Å²) >= 11 is 0. The molecule has 5 nitrogen and oxygen atoms in total. The van der Waals surface area contributed by atoms with Gasteiger partial charge in [0.25, 0.3) is 18.1 Å². The Kier molecular flexibility index (Phi) is 7.43. The highest BCUT2D eigenvalue weighted by molar-refractivity contribution is 8.17. The minimum atomic E-state index is -4.24. The second-order valence-electron chi connectivity index (χ2n) is 3.07. The predicted octanol–water partition coefficient (Wildman–Crippen LogP) is 2.98. The summed E-state index contributed by atoms with van der Waals surface area (Å²) in [5.74, 6) is 0. The molecule has 0 unspecified atom stereocenters. The molecule has 0 N–H and O–H groups in total. The average Bonchev–Trinajstić information content (AvgIpc) is 2.24. The van der Waals surface area contributed by atoms with E-state index in [1.165, 1.54) is 12.2 Å². The van der Waals surface area contributed by atoms with Crippen molar-refractivity contribution >= 4 is 39.5 Å². The molecule has 0 aliphatic rings. The van der Waals surface area contributed by atoms with Crippen LogP contribution in [0.2, 0.25) is 0 Å². The standard InChI is InChI=1S/C10H12Cl2O5S2/c1-3-5-7-9(18(11,13)14)17-10(8-6-4-2)19(12,15)16/h3-4,7-8H,1-2,5-6H2/b9-7+,10-8+. The SMILES string of the molecule is C=CC/C=C(\O/C(=C\CC=C)S(=O)(=O)Cl)S(=O)(=O)Cl. The second-order valence-corrected chi connectivity index (χ2v) is 8.07. The Morgan fingerprint density at radius 2 is 1.21 bits per heavy atom. The van der Waals surface area contributed by atoms with E-state index in [2.05, 4.69) is 13.2 Å². The van der Waals surface area contributed by atoms with Crippen LogP contribution in [-0.4, -0.2) is 16.8 Å². The molecule has 0 radical (unpaired) electrons. The van der Waals surface area contributed by atoms with Gasteiger partial charge in [-0.3, -0.25) is 0 Å². The smallest absolute Gasteiger partial charge is 0.294 e. The third kappa shape index (κ3) is 7.41. The molecular formula is C10H12Cl2O5S2. The lowest BCUT2D eigenvalue weighted by Crippen LogP contribution is -2.06. The van der Waals surface area contributed by atoms with Gasteiger partial charge >= 0.3 is 0 Å². The number of allylic oxidation sites excluding steroid dienone is 4. The van der Waals surface area contributed by atoms with E-state index in [4.69, 9.17) is 26.1 Å². The first-order chi connectivity index (χ1) is 8.62. The number of ether oxygens (including phenoxy) is 1. The van der Waals surface area contributed by atoms with Gasteiger partial charge in [0.1, 0.15) is 0 Å². The summed E-state index contributed by atoms with van der Waals surface area (Å²) in [5.41, 5.74) is 0. The Morgan fingerprint density at radius 3 is 1.42 bits per heavy atom. The molecule has 0 saturated heterocycles. The molecule has 9 heteroatoms. The Balaban J connectivity index is 5.52. The van der Waals surface area contributed by atoms with Crippen LogP contribution in [0.5, 0.6) is 0 Å². The zero-order valence-corrected chi connectivity index (χ0v) is 12.9. The topological polar surface area (TPSA) is 77.5 Å². The van der Waals surface area contributed by atoms with Crippen molar-refractivity contribution in [3.05, 3.63) is 47.6 Å². The molecule has 0 rings (SSSR count). The molecule has 0 aliphatic carbocycles. The van der Waals surface area contributed by atoms with Crippen molar-refractivity contribution in [2.24, 2.45) is 0 Å². The van der Waals surface area contributed by atoms with Crippen molar-refractivity contribution in [3.8, 4) is 0 Å². The summed E-state index contributed by atoms with van der Waals surface area (Å²) in [6.45, 7) is 6.76. The van der Waals surface area contributed by atoms with Gasteiger partial charge < -0.3 is 4.74 Å². The van der Waals surface area contributed by atoms with Crippen molar-refractivity contribution in [3.63, 3.8) is 0 Å². The van der Waals surface area contributed by atoms with Gasteiger partial charge in [-0.2, -0.15) is 0 Å². The summed E-state index contributed by atoms with van der Waals surface area (Å²) in [5, 5.41) is -1.46. The quantitative estimate of drug-likeness (QED) is 0.383. The molecule has 0 aliphatic heterocycles. The first-order valence-corrected chi connectivity index (χ1v) is 9.44. The maximum atomic E-state index is 11.2. The molecule has 0 heterocycles.